The van der Waals surface area contributed by atoms with Crippen molar-refractivity contribution in [1.29, 1.82) is 0 Å². The summed E-state index contributed by atoms with van der Waals surface area (Å²) in [5, 5.41) is 17.1. The van der Waals surface area contributed by atoms with Gasteiger partial charge in [-0.05, 0) is 0 Å². The highest BCUT2D eigenvalue weighted by molar-refractivity contribution is 5.71. The topological polar surface area (TPSA) is 86.8 Å². The summed E-state index contributed by atoms with van der Waals surface area (Å²) in [4.78, 5) is 11.4. The molecule has 0 rings (SSSR count). The number of rotatable bonds is 3. The fraction of sp³-hybridized carbons (Fsp3) is 0.800. The molecular weight excluding hydrogens is 136 g/mol. The zero-order valence-corrected chi connectivity index (χ0v) is 5.82. The van der Waals surface area contributed by atoms with Gasteiger partial charge in [0, 0.05) is 7.05 Å². The van der Waals surface area contributed by atoms with Crippen LogP contribution in [0.1, 0.15) is 0 Å². The second kappa shape index (κ2) is 4.08. The summed E-state index contributed by atoms with van der Waals surface area (Å²) in [7, 11) is 1.45. The average Bonchev–Trinajstić information content (AvgIpc) is 1.87. The first-order chi connectivity index (χ1) is 4.57. The highest BCUT2D eigenvalue weighted by Gasteiger charge is 2.08. The van der Waals surface area contributed by atoms with Crippen molar-refractivity contribution in [2.45, 2.75) is 6.10 Å². The first-order valence-electron chi connectivity index (χ1n) is 2.87. The predicted octanol–water partition coefficient (Wildman–Crippen LogP) is -1.65. The summed E-state index contributed by atoms with van der Waals surface area (Å²) in [6.07, 6.45) is -0.905. The van der Waals surface area contributed by atoms with Crippen LogP contribution >= 0.6 is 0 Å². The molecule has 1 unspecified atom stereocenters. The second-order valence-electron chi connectivity index (χ2n) is 2.06. The van der Waals surface area contributed by atoms with Gasteiger partial charge in [-0.1, -0.05) is 0 Å². The van der Waals surface area contributed by atoms with E-state index in [1.807, 2.05) is 0 Å². The summed E-state index contributed by atoms with van der Waals surface area (Å²) < 4.78 is 0. The van der Waals surface area contributed by atoms with Gasteiger partial charge in [-0.25, -0.2) is 4.79 Å². The molecule has 0 aliphatic heterocycles. The van der Waals surface area contributed by atoms with Crippen molar-refractivity contribution >= 4 is 6.03 Å². The van der Waals surface area contributed by atoms with Crippen LogP contribution in [-0.4, -0.2) is 47.4 Å². The normalized spacial score (nSPS) is 12.7. The summed E-state index contributed by atoms with van der Waals surface area (Å²) in [6.45, 7) is -0.302. The van der Waals surface area contributed by atoms with Crippen LogP contribution in [0, 0.1) is 0 Å². The van der Waals surface area contributed by atoms with Crippen LogP contribution in [-0.2, 0) is 0 Å². The number of hydrogen-bond acceptors (Lipinski definition) is 3. The lowest BCUT2D eigenvalue weighted by atomic mass is 10.3. The minimum atomic E-state index is -0.905. The number of hydrogen-bond donors (Lipinski definition) is 3. The zero-order chi connectivity index (χ0) is 8.15. The first kappa shape index (κ1) is 9.19. The number of nitrogens with zero attached hydrogens (tertiary/aromatic N) is 1. The Bertz CT molecular complexity index is 117. The van der Waals surface area contributed by atoms with Crippen LogP contribution in [0.3, 0.4) is 0 Å². The van der Waals surface area contributed by atoms with Gasteiger partial charge in [0.1, 0.15) is 0 Å². The van der Waals surface area contributed by atoms with Gasteiger partial charge in [0.2, 0.25) is 0 Å². The molecule has 60 valence electrons. The molecule has 0 bridgehead atoms. The lowest BCUT2D eigenvalue weighted by Crippen LogP contribution is -2.38. The number of urea groups is 1. The van der Waals surface area contributed by atoms with E-state index in [1.165, 1.54) is 7.05 Å². The summed E-state index contributed by atoms with van der Waals surface area (Å²) >= 11 is 0. The van der Waals surface area contributed by atoms with Crippen LogP contribution in [0.15, 0.2) is 0 Å². The van der Waals surface area contributed by atoms with Crippen LogP contribution in [0.5, 0.6) is 0 Å². The van der Waals surface area contributed by atoms with Crippen LogP contribution < -0.4 is 5.73 Å². The number of aliphatic hydroxyl groups excluding tert-OH is 2. The number of primary amides is 1. The largest absolute Gasteiger partial charge is 0.394 e. The van der Waals surface area contributed by atoms with E-state index >= 15 is 0 Å². The molecule has 0 radical (unpaired) electrons. The van der Waals surface area contributed by atoms with E-state index in [-0.39, 0.29) is 13.2 Å². The molecule has 2 amide bonds. The van der Waals surface area contributed by atoms with Crippen molar-refractivity contribution in [3.05, 3.63) is 0 Å². The van der Waals surface area contributed by atoms with E-state index in [0.717, 1.165) is 4.90 Å². The summed E-state index contributed by atoms with van der Waals surface area (Å²) in [5.74, 6) is 0. The molecule has 1 atom stereocenters. The van der Waals surface area contributed by atoms with E-state index in [1.54, 1.807) is 0 Å². The minimum Gasteiger partial charge on any atom is -0.394 e. The van der Waals surface area contributed by atoms with Crippen molar-refractivity contribution in [3.63, 3.8) is 0 Å². The molecule has 0 saturated carbocycles. The fourth-order valence-electron chi connectivity index (χ4n) is 0.464. The molecule has 0 saturated heterocycles. The van der Waals surface area contributed by atoms with E-state index < -0.39 is 12.1 Å². The molecule has 0 aromatic carbocycles. The molecule has 5 heteroatoms. The van der Waals surface area contributed by atoms with Gasteiger partial charge in [-0.3, -0.25) is 0 Å². The Labute approximate surface area is 59.0 Å². The maximum atomic E-state index is 10.3. The Hall–Kier alpha value is -0.810. The third-order valence-corrected chi connectivity index (χ3v) is 1.07. The van der Waals surface area contributed by atoms with Crippen molar-refractivity contribution in [2.75, 3.05) is 20.2 Å². The number of amides is 2. The molecule has 0 fully saturated rings. The van der Waals surface area contributed by atoms with E-state index in [2.05, 4.69) is 0 Å². The first-order valence-corrected chi connectivity index (χ1v) is 2.87. The number of likely N-dealkylation sites (N-methyl/N-ethyl adjacent to an activating group) is 1. The number of aliphatic hydroxyl groups is 2. The van der Waals surface area contributed by atoms with E-state index in [0.29, 0.717) is 0 Å². The van der Waals surface area contributed by atoms with E-state index in [9.17, 15) is 4.79 Å². The molecule has 0 aromatic heterocycles. The molecule has 0 spiro atoms. The average molecular weight is 148 g/mol. The maximum absolute atomic E-state index is 10.3. The molecule has 0 aromatic rings. The second-order valence-corrected chi connectivity index (χ2v) is 2.06. The maximum Gasteiger partial charge on any atom is 0.314 e. The molecule has 4 N–H and O–H groups in total. The van der Waals surface area contributed by atoms with Crippen molar-refractivity contribution in [1.82, 2.24) is 4.90 Å². The van der Waals surface area contributed by atoms with Gasteiger partial charge in [0.15, 0.2) is 0 Å². The highest BCUT2D eigenvalue weighted by atomic mass is 16.3. The monoisotopic (exact) mass is 148 g/mol. The predicted molar refractivity (Wildman–Crippen MR) is 35.3 cm³/mol. The molecule has 5 nitrogen and oxygen atoms in total. The quantitative estimate of drug-likeness (QED) is 0.448. The fourth-order valence-corrected chi connectivity index (χ4v) is 0.464. The number of nitrogens with two attached hydrogens (primary N) is 1. The van der Waals surface area contributed by atoms with E-state index in [4.69, 9.17) is 15.9 Å². The Balaban J connectivity index is 3.56. The Morgan fingerprint density at radius 1 is 1.80 bits per heavy atom. The molecule has 10 heavy (non-hydrogen) atoms. The van der Waals surface area contributed by atoms with Crippen molar-refractivity contribution in [2.24, 2.45) is 5.73 Å². The number of carbonyl (C=O) groups excluding carboxylic acids is 1. The third kappa shape index (κ3) is 3.26. The minimum absolute atomic E-state index is 0.0613. The van der Waals surface area contributed by atoms with Gasteiger partial charge in [-0.2, -0.15) is 0 Å². The molecular formula is C5H12N2O3. The lowest BCUT2D eigenvalue weighted by Gasteiger charge is -2.16. The number of carbonyl (C=O) groups is 1. The highest BCUT2D eigenvalue weighted by Crippen LogP contribution is 1.86. The van der Waals surface area contributed by atoms with Gasteiger partial charge in [0.05, 0.1) is 19.3 Å². The smallest absolute Gasteiger partial charge is 0.314 e. The SMILES string of the molecule is CN(CC(O)CO)C(N)=O. The Morgan fingerprint density at radius 3 is 2.60 bits per heavy atom. The lowest BCUT2D eigenvalue weighted by molar-refractivity contribution is 0.0744. The van der Waals surface area contributed by atoms with Gasteiger partial charge >= 0.3 is 6.03 Å². The summed E-state index contributed by atoms with van der Waals surface area (Å²) in [6, 6.07) is -0.618. The standard InChI is InChI=1S/C5H12N2O3/c1-7(5(6)10)2-4(9)3-8/h4,8-9H,2-3H2,1H3,(H2,6,10). The van der Waals surface area contributed by atoms with Crippen molar-refractivity contribution in [3.8, 4) is 0 Å². The molecule has 0 aliphatic carbocycles. The third-order valence-electron chi connectivity index (χ3n) is 1.07. The van der Waals surface area contributed by atoms with Gasteiger partial charge in [-0.15, -0.1) is 0 Å². The van der Waals surface area contributed by atoms with Crippen LogP contribution in [0.25, 0.3) is 0 Å². The van der Waals surface area contributed by atoms with Crippen molar-refractivity contribution < 1.29 is 15.0 Å². The summed E-state index contributed by atoms with van der Waals surface area (Å²) in [5.41, 5.74) is 4.83. The van der Waals surface area contributed by atoms with Crippen LogP contribution in [0.2, 0.25) is 0 Å². The molecule has 0 heterocycles. The molecule has 0 aliphatic rings. The zero-order valence-electron chi connectivity index (χ0n) is 5.82. The Morgan fingerprint density at radius 2 is 2.30 bits per heavy atom. The van der Waals surface area contributed by atoms with Crippen LogP contribution in [0.4, 0.5) is 4.79 Å². The van der Waals surface area contributed by atoms with Gasteiger partial charge in [0.25, 0.3) is 0 Å². The van der Waals surface area contributed by atoms with Gasteiger partial charge < -0.3 is 20.8 Å². The Kier molecular flexibility index (Phi) is 3.75.